The molecule has 4 aromatic rings. The van der Waals surface area contributed by atoms with Gasteiger partial charge in [-0.3, -0.25) is 5.32 Å². The van der Waals surface area contributed by atoms with Crippen LogP contribution in [-0.2, 0) is 23.7 Å². The molecular formula is C20H17BrN4O4S2. The van der Waals surface area contributed by atoms with Gasteiger partial charge in [0.05, 0.1) is 15.5 Å². The summed E-state index contributed by atoms with van der Waals surface area (Å²) in [6.07, 6.45) is 2.96. The second kappa shape index (κ2) is 8.69. The number of carbonyl (C=O) groups is 1. The van der Waals surface area contributed by atoms with Crippen molar-refractivity contribution >= 4 is 59.4 Å². The van der Waals surface area contributed by atoms with Gasteiger partial charge in [-0.1, -0.05) is 53.8 Å². The van der Waals surface area contributed by atoms with Gasteiger partial charge in [0.1, 0.15) is 17.3 Å². The minimum absolute atomic E-state index is 0.0226. The summed E-state index contributed by atoms with van der Waals surface area (Å²) in [6.45, 7) is 0.344. The van der Waals surface area contributed by atoms with Gasteiger partial charge in [-0.05, 0) is 27.6 Å². The van der Waals surface area contributed by atoms with Crippen molar-refractivity contribution in [2.45, 2.75) is 11.5 Å². The minimum atomic E-state index is -4.14. The van der Waals surface area contributed by atoms with Crippen molar-refractivity contribution in [3.8, 4) is 5.75 Å². The van der Waals surface area contributed by atoms with Crippen molar-refractivity contribution in [2.24, 2.45) is 7.05 Å². The van der Waals surface area contributed by atoms with Gasteiger partial charge in [-0.15, -0.1) is 0 Å². The number of fused-ring (bicyclic) bond motifs is 1. The Morgan fingerprint density at radius 3 is 2.68 bits per heavy atom. The number of para-hydroxylation sites is 1. The number of hydrogen-bond acceptors (Lipinski definition) is 6. The summed E-state index contributed by atoms with van der Waals surface area (Å²) in [6, 6.07) is 14.0. The van der Waals surface area contributed by atoms with Crippen LogP contribution >= 0.6 is 27.3 Å². The largest absolute Gasteiger partial charge is 0.487 e. The molecule has 31 heavy (non-hydrogen) atoms. The lowest BCUT2D eigenvalue weighted by atomic mass is 10.2. The summed E-state index contributed by atoms with van der Waals surface area (Å²) in [5, 5.41) is 3.13. The highest BCUT2D eigenvalue weighted by molar-refractivity contribution is 9.11. The van der Waals surface area contributed by atoms with E-state index in [1.807, 2.05) is 35.1 Å². The van der Waals surface area contributed by atoms with Gasteiger partial charge in [0, 0.05) is 18.6 Å². The molecule has 160 valence electrons. The van der Waals surface area contributed by atoms with Gasteiger partial charge in [-0.25, -0.2) is 22.9 Å². The number of carbonyl (C=O) groups excluding carboxylic acids is 1. The second-order valence-corrected chi connectivity index (χ2v) is 10.6. The van der Waals surface area contributed by atoms with Crippen LogP contribution in [0.4, 0.5) is 9.93 Å². The van der Waals surface area contributed by atoms with E-state index in [2.05, 4.69) is 26.2 Å². The Kier molecular flexibility index (Phi) is 5.99. The molecule has 0 saturated carbocycles. The number of thiazole rings is 1. The molecule has 0 atom stereocenters. The summed E-state index contributed by atoms with van der Waals surface area (Å²) in [5.74, 6) is 0.544. The van der Waals surface area contributed by atoms with Crippen LogP contribution in [0.1, 0.15) is 5.56 Å². The van der Waals surface area contributed by atoms with Crippen molar-refractivity contribution in [3.63, 3.8) is 0 Å². The fourth-order valence-corrected chi connectivity index (χ4v) is 5.33. The number of nitrogens with zero attached hydrogens (tertiary/aromatic N) is 2. The first kappa shape index (κ1) is 21.3. The number of anilines is 1. The Labute approximate surface area is 191 Å². The molecule has 4 rings (SSSR count). The average molecular weight is 521 g/mol. The molecule has 0 aliphatic carbocycles. The van der Waals surface area contributed by atoms with E-state index in [1.165, 1.54) is 23.7 Å². The molecule has 2 aromatic carbocycles. The Bertz CT molecular complexity index is 1350. The molecule has 0 bridgehead atoms. The SMILES string of the molecule is Cn1cc(S(=O)(=O)NC(=O)Nc2ncc(Br)s2)c2cccc(OCc3ccccc3)c21. The quantitative estimate of drug-likeness (QED) is 0.390. The number of hydrogen-bond donors (Lipinski definition) is 2. The highest BCUT2D eigenvalue weighted by Gasteiger charge is 2.24. The van der Waals surface area contributed by atoms with Gasteiger partial charge >= 0.3 is 6.03 Å². The number of rotatable bonds is 6. The molecule has 11 heteroatoms. The van der Waals surface area contributed by atoms with E-state index in [4.69, 9.17) is 4.74 Å². The van der Waals surface area contributed by atoms with Crippen molar-refractivity contribution < 1.29 is 17.9 Å². The smallest absolute Gasteiger partial charge is 0.334 e. The Morgan fingerprint density at radius 1 is 1.19 bits per heavy atom. The maximum absolute atomic E-state index is 12.9. The summed E-state index contributed by atoms with van der Waals surface area (Å²) in [7, 11) is -2.41. The second-order valence-electron chi connectivity index (χ2n) is 6.56. The maximum Gasteiger partial charge on any atom is 0.334 e. The predicted octanol–water partition coefficient (Wildman–Crippen LogP) is 4.49. The third-order valence-corrected chi connectivity index (χ3v) is 7.13. The number of halogens is 1. The molecule has 0 radical (unpaired) electrons. The van der Waals surface area contributed by atoms with E-state index in [1.54, 1.807) is 29.8 Å². The molecule has 0 fully saturated rings. The number of sulfonamides is 1. The Hall–Kier alpha value is -2.89. The molecule has 2 N–H and O–H groups in total. The number of nitrogens with one attached hydrogen (secondary N) is 2. The molecule has 0 aliphatic heterocycles. The molecule has 2 aromatic heterocycles. The van der Waals surface area contributed by atoms with Gasteiger partial charge in [-0.2, -0.15) is 0 Å². The summed E-state index contributed by atoms with van der Waals surface area (Å²) in [4.78, 5) is 16.1. The fourth-order valence-electron chi connectivity index (χ4n) is 3.07. The minimum Gasteiger partial charge on any atom is -0.487 e. The third-order valence-electron chi connectivity index (χ3n) is 4.38. The van der Waals surface area contributed by atoms with Crippen LogP contribution in [0, 0.1) is 0 Å². The average Bonchev–Trinajstić information content (AvgIpc) is 3.30. The number of aryl methyl sites for hydroxylation is 1. The zero-order valence-corrected chi connectivity index (χ0v) is 19.4. The number of benzene rings is 2. The number of aromatic nitrogens is 2. The monoisotopic (exact) mass is 520 g/mol. The van der Waals surface area contributed by atoms with Gasteiger partial charge in [0.2, 0.25) is 0 Å². The molecule has 0 spiro atoms. The molecule has 2 heterocycles. The summed E-state index contributed by atoms with van der Waals surface area (Å²) in [5.41, 5.74) is 1.61. The lowest BCUT2D eigenvalue weighted by Crippen LogP contribution is -2.34. The first-order valence-electron chi connectivity index (χ1n) is 9.03. The van der Waals surface area contributed by atoms with Crippen LogP contribution in [0.2, 0.25) is 0 Å². The van der Waals surface area contributed by atoms with Crippen LogP contribution in [0.3, 0.4) is 0 Å². The molecule has 0 unspecified atom stereocenters. The van der Waals surface area contributed by atoms with Crippen molar-refractivity contribution in [2.75, 3.05) is 5.32 Å². The maximum atomic E-state index is 12.9. The van der Waals surface area contributed by atoms with Crippen LogP contribution < -0.4 is 14.8 Å². The van der Waals surface area contributed by atoms with Crippen molar-refractivity contribution in [1.29, 1.82) is 0 Å². The lowest BCUT2D eigenvalue weighted by molar-refractivity contribution is 0.256. The first-order chi connectivity index (χ1) is 14.8. The topological polar surface area (TPSA) is 102 Å². The predicted molar refractivity (Wildman–Crippen MR) is 123 cm³/mol. The standard InChI is InChI=1S/C20H17BrN4O4S2/c1-25-11-16(31(27,28)24-19(26)23-20-22-10-17(21)30-20)14-8-5-9-15(18(14)25)29-12-13-6-3-2-4-7-13/h2-11H,12H2,1H3,(H2,22,23,24,26). The van der Waals surface area contributed by atoms with Crippen LogP contribution in [0.25, 0.3) is 10.9 Å². The summed E-state index contributed by atoms with van der Waals surface area (Å²) < 4.78 is 36.2. The highest BCUT2D eigenvalue weighted by atomic mass is 79.9. The van der Waals surface area contributed by atoms with E-state index in [0.717, 1.165) is 5.56 Å². The molecule has 0 aliphatic rings. The molecule has 0 saturated heterocycles. The van der Waals surface area contributed by atoms with E-state index >= 15 is 0 Å². The Morgan fingerprint density at radius 2 is 1.97 bits per heavy atom. The number of amides is 2. The normalized spacial score (nSPS) is 11.4. The van der Waals surface area contributed by atoms with Crippen LogP contribution in [0.5, 0.6) is 5.75 Å². The van der Waals surface area contributed by atoms with E-state index < -0.39 is 16.1 Å². The fraction of sp³-hybridized carbons (Fsp3) is 0.100. The molecule has 2 amide bonds. The number of urea groups is 1. The van der Waals surface area contributed by atoms with Gasteiger partial charge in [0.25, 0.3) is 10.0 Å². The van der Waals surface area contributed by atoms with Crippen LogP contribution in [0.15, 0.2) is 69.6 Å². The first-order valence-corrected chi connectivity index (χ1v) is 12.1. The highest BCUT2D eigenvalue weighted by Crippen LogP contribution is 2.32. The third kappa shape index (κ3) is 4.73. The number of ether oxygens (including phenoxy) is 1. The van der Waals surface area contributed by atoms with E-state index in [9.17, 15) is 13.2 Å². The molecule has 8 nitrogen and oxygen atoms in total. The van der Waals surface area contributed by atoms with Gasteiger partial charge in [0.15, 0.2) is 5.13 Å². The summed E-state index contributed by atoms with van der Waals surface area (Å²) >= 11 is 4.40. The zero-order chi connectivity index (χ0) is 22.0. The van der Waals surface area contributed by atoms with Crippen molar-refractivity contribution in [1.82, 2.24) is 14.3 Å². The molecular weight excluding hydrogens is 504 g/mol. The lowest BCUT2D eigenvalue weighted by Gasteiger charge is -2.09. The van der Waals surface area contributed by atoms with Crippen molar-refractivity contribution in [3.05, 3.63) is 70.3 Å². The zero-order valence-electron chi connectivity index (χ0n) is 16.2. The Balaban J connectivity index is 1.59. The van der Waals surface area contributed by atoms with Crippen LogP contribution in [-0.4, -0.2) is 24.0 Å². The van der Waals surface area contributed by atoms with Gasteiger partial charge < -0.3 is 9.30 Å². The van der Waals surface area contributed by atoms with E-state index in [0.29, 0.717) is 27.0 Å². The van der Waals surface area contributed by atoms with E-state index in [-0.39, 0.29) is 10.0 Å².